The van der Waals surface area contributed by atoms with Gasteiger partial charge in [-0.25, -0.2) is 0 Å². The largest absolute Gasteiger partial charge is 0.509 e. The van der Waals surface area contributed by atoms with E-state index in [4.69, 9.17) is 4.74 Å². The number of hydrogen-bond donors (Lipinski definition) is 2. The van der Waals surface area contributed by atoms with Crippen LogP contribution in [0.3, 0.4) is 0 Å². The summed E-state index contributed by atoms with van der Waals surface area (Å²) >= 11 is 0. The van der Waals surface area contributed by atoms with Crippen molar-refractivity contribution < 1.29 is 19.4 Å². The Kier molecular flexibility index (Phi) is 5.74. The average molecular weight is 406 g/mol. The van der Waals surface area contributed by atoms with Crippen molar-refractivity contribution in [3.63, 3.8) is 0 Å². The normalized spacial score (nSPS) is 17.4. The SMILES string of the molecule is COc1ccc(N2CC(O)=C(C(=O)Nc3ccc(C4CCCCC4)cc3)C2=O)cc1. The molecule has 1 heterocycles. The first-order valence-electron chi connectivity index (χ1n) is 10.4. The molecule has 2 amide bonds. The lowest BCUT2D eigenvalue weighted by atomic mass is 9.84. The van der Waals surface area contributed by atoms with Crippen LogP contribution >= 0.6 is 0 Å². The van der Waals surface area contributed by atoms with Crippen molar-refractivity contribution in [1.82, 2.24) is 0 Å². The molecule has 156 valence electrons. The van der Waals surface area contributed by atoms with E-state index in [2.05, 4.69) is 5.32 Å². The first-order valence-corrected chi connectivity index (χ1v) is 10.4. The molecule has 0 atom stereocenters. The van der Waals surface area contributed by atoms with Crippen LogP contribution in [0.5, 0.6) is 5.75 Å². The lowest BCUT2D eigenvalue weighted by Gasteiger charge is -2.22. The summed E-state index contributed by atoms with van der Waals surface area (Å²) in [6, 6.07) is 14.7. The van der Waals surface area contributed by atoms with Crippen LogP contribution in [-0.4, -0.2) is 30.6 Å². The summed E-state index contributed by atoms with van der Waals surface area (Å²) in [5.74, 6) is -0.0954. The van der Waals surface area contributed by atoms with Crippen molar-refractivity contribution in [2.45, 2.75) is 38.0 Å². The Morgan fingerprint density at radius 1 is 1.03 bits per heavy atom. The molecule has 6 heteroatoms. The van der Waals surface area contributed by atoms with Gasteiger partial charge in [0.1, 0.15) is 17.1 Å². The van der Waals surface area contributed by atoms with Crippen LogP contribution in [0.1, 0.15) is 43.6 Å². The zero-order valence-corrected chi connectivity index (χ0v) is 17.1. The van der Waals surface area contributed by atoms with Gasteiger partial charge in [-0.2, -0.15) is 0 Å². The van der Waals surface area contributed by atoms with Gasteiger partial charge in [-0.1, -0.05) is 31.4 Å². The third kappa shape index (κ3) is 4.03. The van der Waals surface area contributed by atoms with Crippen molar-refractivity contribution >= 4 is 23.2 Å². The van der Waals surface area contributed by atoms with Crippen molar-refractivity contribution in [2.75, 3.05) is 23.9 Å². The fraction of sp³-hybridized carbons (Fsp3) is 0.333. The number of rotatable bonds is 5. The minimum atomic E-state index is -0.598. The number of anilines is 2. The van der Waals surface area contributed by atoms with Crippen molar-refractivity contribution in [2.24, 2.45) is 0 Å². The number of methoxy groups -OCH3 is 1. The lowest BCUT2D eigenvalue weighted by Crippen LogP contribution is -2.30. The van der Waals surface area contributed by atoms with E-state index in [0.29, 0.717) is 23.0 Å². The molecular formula is C24H26N2O4. The standard InChI is InChI=1S/C24H26N2O4/c1-30-20-13-11-19(12-14-20)26-15-21(27)22(24(26)29)23(28)25-18-9-7-17(8-10-18)16-5-3-2-4-6-16/h7-14,16,27H,2-6,15H2,1H3,(H,25,28). The van der Waals surface area contributed by atoms with Crippen LogP contribution in [0.25, 0.3) is 0 Å². The Hall–Kier alpha value is -3.28. The van der Waals surface area contributed by atoms with E-state index in [0.717, 1.165) is 0 Å². The first-order chi connectivity index (χ1) is 14.6. The van der Waals surface area contributed by atoms with Crippen molar-refractivity contribution in [3.8, 4) is 5.75 Å². The molecule has 0 spiro atoms. The quantitative estimate of drug-likeness (QED) is 0.715. The fourth-order valence-corrected chi connectivity index (χ4v) is 4.23. The number of benzene rings is 2. The maximum Gasteiger partial charge on any atom is 0.267 e. The van der Waals surface area contributed by atoms with Gasteiger partial charge in [0.15, 0.2) is 0 Å². The van der Waals surface area contributed by atoms with E-state index in [1.165, 1.54) is 42.6 Å². The molecule has 2 aromatic rings. The second-order valence-corrected chi connectivity index (χ2v) is 7.82. The zero-order valence-electron chi connectivity index (χ0n) is 17.1. The zero-order chi connectivity index (χ0) is 21.1. The van der Waals surface area contributed by atoms with Gasteiger partial charge in [0.25, 0.3) is 11.8 Å². The lowest BCUT2D eigenvalue weighted by molar-refractivity contribution is -0.119. The maximum atomic E-state index is 12.8. The van der Waals surface area contributed by atoms with E-state index < -0.39 is 11.8 Å². The predicted molar refractivity (Wildman–Crippen MR) is 116 cm³/mol. The van der Waals surface area contributed by atoms with Crippen LogP contribution in [-0.2, 0) is 9.59 Å². The molecule has 1 saturated carbocycles. The molecule has 0 unspecified atom stereocenters. The summed E-state index contributed by atoms with van der Waals surface area (Å²) < 4.78 is 5.13. The number of carbonyl (C=O) groups is 2. The number of amides is 2. The summed E-state index contributed by atoms with van der Waals surface area (Å²) in [7, 11) is 1.56. The molecule has 6 nitrogen and oxygen atoms in total. The van der Waals surface area contributed by atoms with Gasteiger partial charge in [-0.3, -0.25) is 9.59 Å². The summed E-state index contributed by atoms with van der Waals surface area (Å²) in [6.45, 7) is -0.0332. The predicted octanol–water partition coefficient (Wildman–Crippen LogP) is 4.54. The molecule has 2 N–H and O–H groups in total. The number of carbonyl (C=O) groups excluding carboxylic acids is 2. The third-order valence-electron chi connectivity index (χ3n) is 5.91. The van der Waals surface area contributed by atoms with E-state index >= 15 is 0 Å². The fourth-order valence-electron chi connectivity index (χ4n) is 4.23. The molecule has 0 bridgehead atoms. The van der Waals surface area contributed by atoms with Crippen LogP contribution < -0.4 is 15.0 Å². The van der Waals surface area contributed by atoms with Gasteiger partial charge >= 0.3 is 0 Å². The highest BCUT2D eigenvalue weighted by Gasteiger charge is 2.36. The van der Waals surface area contributed by atoms with Gasteiger partial charge < -0.3 is 20.1 Å². The summed E-state index contributed by atoms with van der Waals surface area (Å²) in [5, 5.41) is 13.0. The summed E-state index contributed by atoms with van der Waals surface area (Å²) in [4.78, 5) is 26.9. The van der Waals surface area contributed by atoms with E-state index in [-0.39, 0.29) is 17.9 Å². The highest BCUT2D eigenvalue weighted by molar-refractivity contribution is 6.29. The monoisotopic (exact) mass is 406 g/mol. The molecule has 2 aromatic carbocycles. The second kappa shape index (κ2) is 8.61. The Morgan fingerprint density at radius 3 is 2.33 bits per heavy atom. The van der Waals surface area contributed by atoms with Crippen LogP contribution in [0.4, 0.5) is 11.4 Å². The molecule has 2 aliphatic rings. The Bertz CT molecular complexity index is 958. The second-order valence-electron chi connectivity index (χ2n) is 7.82. The molecule has 1 fully saturated rings. The molecule has 0 saturated heterocycles. The molecular weight excluding hydrogens is 380 g/mol. The summed E-state index contributed by atoms with van der Waals surface area (Å²) in [5.41, 5.74) is 2.27. The van der Waals surface area contributed by atoms with E-state index in [9.17, 15) is 14.7 Å². The molecule has 0 aromatic heterocycles. The maximum absolute atomic E-state index is 12.8. The highest BCUT2D eigenvalue weighted by Crippen LogP contribution is 2.33. The molecule has 0 radical (unpaired) electrons. The van der Waals surface area contributed by atoms with Gasteiger partial charge in [0.05, 0.1) is 13.7 Å². The van der Waals surface area contributed by atoms with Crippen LogP contribution in [0.15, 0.2) is 59.9 Å². The Morgan fingerprint density at radius 2 is 1.70 bits per heavy atom. The van der Waals surface area contributed by atoms with Crippen molar-refractivity contribution in [3.05, 3.63) is 65.4 Å². The minimum Gasteiger partial charge on any atom is -0.509 e. The van der Waals surface area contributed by atoms with Gasteiger partial charge in [-0.15, -0.1) is 0 Å². The topological polar surface area (TPSA) is 78.9 Å². The van der Waals surface area contributed by atoms with Crippen LogP contribution in [0.2, 0.25) is 0 Å². The Balaban J connectivity index is 1.43. The third-order valence-corrected chi connectivity index (χ3v) is 5.91. The van der Waals surface area contributed by atoms with Gasteiger partial charge in [-0.05, 0) is 60.7 Å². The number of aliphatic hydroxyl groups excluding tert-OH is 1. The van der Waals surface area contributed by atoms with Gasteiger partial charge in [0.2, 0.25) is 0 Å². The van der Waals surface area contributed by atoms with E-state index in [1.54, 1.807) is 31.4 Å². The number of hydrogen-bond acceptors (Lipinski definition) is 4. The molecule has 30 heavy (non-hydrogen) atoms. The Labute approximate surface area is 176 Å². The average Bonchev–Trinajstić information content (AvgIpc) is 3.09. The minimum absolute atomic E-state index is 0.0332. The molecule has 4 rings (SSSR count). The summed E-state index contributed by atoms with van der Waals surface area (Å²) in [6.07, 6.45) is 6.27. The number of nitrogens with one attached hydrogen (secondary N) is 1. The smallest absolute Gasteiger partial charge is 0.267 e. The van der Waals surface area contributed by atoms with Crippen molar-refractivity contribution in [1.29, 1.82) is 0 Å². The van der Waals surface area contributed by atoms with Crippen LogP contribution in [0, 0.1) is 0 Å². The highest BCUT2D eigenvalue weighted by atomic mass is 16.5. The molecule has 1 aliphatic carbocycles. The van der Waals surface area contributed by atoms with Gasteiger partial charge in [0, 0.05) is 11.4 Å². The molecule has 1 aliphatic heterocycles. The number of ether oxygens (including phenoxy) is 1. The van der Waals surface area contributed by atoms with E-state index in [1.807, 2.05) is 24.3 Å². The number of nitrogens with zero attached hydrogens (tertiary/aromatic N) is 1. The first kappa shape index (κ1) is 20.0. The number of aliphatic hydroxyl groups is 1.